The lowest BCUT2D eigenvalue weighted by Gasteiger charge is -2.37. The molecule has 1 aliphatic rings. The molecular weight excluding hydrogens is 390 g/mol. The van der Waals surface area contributed by atoms with Crippen LogP contribution in [0.4, 0.5) is 5.69 Å². The summed E-state index contributed by atoms with van der Waals surface area (Å²) < 4.78 is 1.91. The summed E-state index contributed by atoms with van der Waals surface area (Å²) >= 11 is 0. The molecule has 156 valence electrons. The molecule has 1 N–H and O–H groups in total. The van der Waals surface area contributed by atoms with Gasteiger partial charge in [0.25, 0.3) is 0 Å². The number of rotatable bonds is 4. The first-order valence-corrected chi connectivity index (χ1v) is 10.4. The van der Waals surface area contributed by atoms with Gasteiger partial charge >= 0.3 is 0 Å². The zero-order chi connectivity index (χ0) is 21.2. The number of benzene rings is 1. The summed E-state index contributed by atoms with van der Waals surface area (Å²) in [5.41, 5.74) is 3.72. The summed E-state index contributed by atoms with van der Waals surface area (Å²) in [6.07, 6.45) is 5.34. The Morgan fingerprint density at radius 1 is 1.00 bits per heavy atom. The molecule has 31 heavy (non-hydrogen) atoms. The highest BCUT2D eigenvalue weighted by atomic mass is 16.2. The average molecular weight is 413 g/mol. The van der Waals surface area contributed by atoms with Crippen molar-refractivity contribution >= 4 is 22.6 Å². The maximum atomic E-state index is 12.9. The van der Waals surface area contributed by atoms with Gasteiger partial charge in [-0.1, -0.05) is 18.2 Å². The zero-order valence-electron chi connectivity index (χ0n) is 17.1. The summed E-state index contributed by atoms with van der Waals surface area (Å²) in [7, 11) is 0. The minimum absolute atomic E-state index is 0.102. The highest BCUT2D eigenvalue weighted by Crippen LogP contribution is 2.30. The van der Waals surface area contributed by atoms with Crippen molar-refractivity contribution in [3.05, 3.63) is 83.5 Å². The predicted octanol–water partition coefficient (Wildman–Crippen LogP) is 2.74. The molecule has 1 amide bonds. The lowest BCUT2D eigenvalue weighted by molar-refractivity contribution is -0.132. The molecule has 4 heterocycles. The van der Waals surface area contributed by atoms with E-state index in [0.29, 0.717) is 19.6 Å². The van der Waals surface area contributed by atoms with Crippen molar-refractivity contribution < 1.29 is 4.79 Å². The van der Waals surface area contributed by atoms with Crippen LogP contribution in [0.15, 0.2) is 78.0 Å². The second-order valence-electron chi connectivity index (χ2n) is 7.69. The molecule has 0 spiro atoms. The van der Waals surface area contributed by atoms with Crippen molar-refractivity contribution in [3.8, 4) is 11.1 Å². The average Bonchev–Trinajstić information content (AvgIpc) is 3.22. The molecule has 4 aromatic rings. The summed E-state index contributed by atoms with van der Waals surface area (Å²) in [4.78, 5) is 35.9. The molecule has 7 nitrogen and oxygen atoms in total. The van der Waals surface area contributed by atoms with Gasteiger partial charge in [-0.15, -0.1) is 0 Å². The Bertz CT molecular complexity index is 1280. The van der Waals surface area contributed by atoms with E-state index in [-0.39, 0.29) is 11.5 Å². The molecule has 1 fully saturated rings. The van der Waals surface area contributed by atoms with Crippen LogP contribution in [0.3, 0.4) is 0 Å². The normalized spacial score (nSPS) is 14.2. The molecule has 7 heteroatoms. The topological polar surface area (TPSA) is 74.2 Å². The summed E-state index contributed by atoms with van der Waals surface area (Å²) in [5.74, 6) is 0.102. The second kappa shape index (κ2) is 8.10. The number of aromatic nitrogens is 3. The second-order valence-corrected chi connectivity index (χ2v) is 7.69. The number of hydrogen-bond donors (Lipinski definition) is 1. The number of piperazine rings is 1. The minimum Gasteiger partial charge on any atom is -0.367 e. The third-order valence-electron chi connectivity index (χ3n) is 5.79. The Kier molecular flexibility index (Phi) is 5.00. The number of amides is 1. The van der Waals surface area contributed by atoms with Crippen LogP contribution in [0.2, 0.25) is 0 Å². The first kappa shape index (κ1) is 19.1. The number of carbonyl (C=O) groups excluding carboxylic acids is 1. The van der Waals surface area contributed by atoms with E-state index in [0.717, 1.165) is 40.9 Å². The van der Waals surface area contributed by atoms with Crippen molar-refractivity contribution in [3.63, 3.8) is 0 Å². The van der Waals surface area contributed by atoms with Gasteiger partial charge in [0, 0.05) is 67.5 Å². The molecule has 0 bridgehead atoms. The lowest BCUT2D eigenvalue weighted by Crippen LogP contribution is -2.49. The van der Waals surface area contributed by atoms with Crippen molar-refractivity contribution in [2.75, 3.05) is 31.1 Å². The Labute approximate surface area is 179 Å². The molecule has 0 unspecified atom stereocenters. The molecule has 0 atom stereocenters. The van der Waals surface area contributed by atoms with Gasteiger partial charge in [0.1, 0.15) is 12.2 Å². The van der Waals surface area contributed by atoms with Crippen molar-refractivity contribution in [1.82, 2.24) is 19.4 Å². The Morgan fingerprint density at radius 3 is 2.68 bits per heavy atom. The van der Waals surface area contributed by atoms with Crippen LogP contribution in [-0.2, 0) is 11.3 Å². The third kappa shape index (κ3) is 3.82. The van der Waals surface area contributed by atoms with Gasteiger partial charge in [-0.3, -0.25) is 9.59 Å². The SMILES string of the molecule is O=C(Cn1ccc2cccnc21)N1CCN(c2ccccc2-c2cc[nH]c(=O)c2)CC1. The summed E-state index contributed by atoms with van der Waals surface area (Å²) in [6.45, 7) is 3.11. The van der Waals surface area contributed by atoms with Crippen LogP contribution in [0, 0.1) is 0 Å². The molecule has 1 aromatic carbocycles. The van der Waals surface area contributed by atoms with Gasteiger partial charge in [-0.05, 0) is 35.9 Å². The van der Waals surface area contributed by atoms with Gasteiger partial charge in [0.15, 0.2) is 0 Å². The number of nitrogens with zero attached hydrogens (tertiary/aromatic N) is 4. The van der Waals surface area contributed by atoms with E-state index in [1.165, 1.54) is 0 Å². The van der Waals surface area contributed by atoms with Crippen LogP contribution >= 0.6 is 0 Å². The molecule has 1 saturated heterocycles. The van der Waals surface area contributed by atoms with Gasteiger partial charge in [-0.25, -0.2) is 4.98 Å². The van der Waals surface area contributed by atoms with Gasteiger partial charge in [0.05, 0.1) is 0 Å². The van der Waals surface area contributed by atoms with Crippen molar-refractivity contribution in [2.45, 2.75) is 6.54 Å². The van der Waals surface area contributed by atoms with Crippen LogP contribution in [-0.4, -0.2) is 51.5 Å². The number of fused-ring (bicyclic) bond motifs is 1. The van der Waals surface area contributed by atoms with Crippen LogP contribution in [0.5, 0.6) is 0 Å². The molecule has 5 rings (SSSR count). The van der Waals surface area contributed by atoms with Crippen LogP contribution in [0.1, 0.15) is 0 Å². The summed E-state index contributed by atoms with van der Waals surface area (Å²) in [6, 6.07) is 17.5. The zero-order valence-corrected chi connectivity index (χ0v) is 17.1. The first-order valence-electron chi connectivity index (χ1n) is 10.4. The fourth-order valence-corrected chi connectivity index (χ4v) is 4.20. The number of pyridine rings is 2. The number of H-pyrrole nitrogens is 1. The van der Waals surface area contributed by atoms with Gasteiger partial charge in [-0.2, -0.15) is 0 Å². The number of anilines is 1. The Morgan fingerprint density at radius 2 is 1.84 bits per heavy atom. The van der Waals surface area contributed by atoms with E-state index < -0.39 is 0 Å². The fourth-order valence-electron chi connectivity index (χ4n) is 4.20. The number of para-hydroxylation sites is 1. The van der Waals surface area contributed by atoms with E-state index in [9.17, 15) is 9.59 Å². The molecule has 0 radical (unpaired) electrons. The van der Waals surface area contributed by atoms with Gasteiger partial charge < -0.3 is 19.4 Å². The smallest absolute Gasteiger partial charge is 0.248 e. The molecule has 0 aliphatic carbocycles. The van der Waals surface area contributed by atoms with E-state index in [4.69, 9.17) is 0 Å². The first-order chi connectivity index (χ1) is 15.2. The number of hydrogen-bond acceptors (Lipinski definition) is 4. The van der Waals surface area contributed by atoms with Crippen LogP contribution < -0.4 is 10.5 Å². The maximum Gasteiger partial charge on any atom is 0.248 e. The molecule has 0 saturated carbocycles. The van der Waals surface area contributed by atoms with E-state index in [2.05, 4.69) is 20.9 Å². The predicted molar refractivity (Wildman–Crippen MR) is 121 cm³/mol. The van der Waals surface area contributed by atoms with Crippen molar-refractivity contribution in [1.29, 1.82) is 0 Å². The highest BCUT2D eigenvalue weighted by Gasteiger charge is 2.23. The number of aromatic amines is 1. The third-order valence-corrected chi connectivity index (χ3v) is 5.79. The lowest BCUT2D eigenvalue weighted by atomic mass is 10.0. The maximum absolute atomic E-state index is 12.9. The largest absolute Gasteiger partial charge is 0.367 e. The number of carbonyl (C=O) groups is 1. The minimum atomic E-state index is -0.116. The molecular formula is C24H23N5O2. The fraction of sp³-hybridized carbons (Fsp3) is 0.208. The standard InChI is InChI=1S/C24H23N5O2/c30-22-16-19(7-10-25-22)20-5-1-2-6-21(20)27-12-14-28(15-13-27)23(31)17-29-11-8-18-4-3-9-26-24(18)29/h1-11,16H,12-15,17H2,(H,25,30). The van der Waals surface area contributed by atoms with Crippen LogP contribution in [0.25, 0.3) is 22.2 Å². The van der Waals surface area contributed by atoms with E-state index in [1.807, 2.05) is 58.1 Å². The Balaban J connectivity index is 1.29. The molecule has 1 aliphatic heterocycles. The van der Waals surface area contributed by atoms with Crippen molar-refractivity contribution in [2.24, 2.45) is 0 Å². The van der Waals surface area contributed by atoms with E-state index in [1.54, 1.807) is 18.5 Å². The Hall–Kier alpha value is -3.87. The summed E-state index contributed by atoms with van der Waals surface area (Å²) in [5, 5.41) is 1.04. The quantitative estimate of drug-likeness (QED) is 0.558. The van der Waals surface area contributed by atoms with Gasteiger partial charge in [0.2, 0.25) is 11.5 Å². The molecule has 3 aromatic heterocycles. The van der Waals surface area contributed by atoms with E-state index >= 15 is 0 Å². The monoisotopic (exact) mass is 413 g/mol. The highest BCUT2D eigenvalue weighted by molar-refractivity contribution is 5.82. The number of nitrogens with one attached hydrogen (secondary N) is 1.